The van der Waals surface area contributed by atoms with Crippen LogP contribution in [0.1, 0.15) is 19.8 Å². The van der Waals surface area contributed by atoms with Crippen molar-refractivity contribution >= 4 is 11.8 Å². The van der Waals surface area contributed by atoms with Crippen LogP contribution in [-0.2, 0) is 9.59 Å². The maximum atomic E-state index is 11.7. The van der Waals surface area contributed by atoms with Crippen LogP contribution in [0.2, 0.25) is 0 Å². The summed E-state index contributed by atoms with van der Waals surface area (Å²) in [6.45, 7) is 3.39. The normalized spacial score (nSPS) is 21.4. The fourth-order valence-corrected chi connectivity index (χ4v) is 1.75. The first kappa shape index (κ1) is 10.0. The number of nitrogens with zero attached hydrogens (tertiary/aromatic N) is 2. The molecule has 4 heteroatoms. The second-order valence-corrected chi connectivity index (χ2v) is 3.88. The molecule has 1 aliphatic carbocycles. The van der Waals surface area contributed by atoms with E-state index in [2.05, 4.69) is 11.8 Å². The van der Waals surface area contributed by atoms with Crippen molar-refractivity contribution in [2.24, 2.45) is 0 Å². The van der Waals surface area contributed by atoms with Crippen molar-refractivity contribution in [2.45, 2.75) is 25.8 Å². The predicted octanol–water partition coefficient (Wildman–Crippen LogP) is -0.157. The van der Waals surface area contributed by atoms with Gasteiger partial charge in [0, 0.05) is 19.1 Å². The summed E-state index contributed by atoms with van der Waals surface area (Å²) in [7, 11) is 0. The van der Waals surface area contributed by atoms with E-state index in [4.69, 9.17) is 0 Å². The third-order valence-corrected chi connectivity index (χ3v) is 2.78. The molecule has 1 aliphatic heterocycles. The van der Waals surface area contributed by atoms with Crippen molar-refractivity contribution in [1.29, 1.82) is 0 Å². The second kappa shape index (κ2) is 3.93. The van der Waals surface area contributed by atoms with Crippen LogP contribution in [0.3, 0.4) is 0 Å². The molecule has 2 aliphatic rings. The largest absolute Gasteiger partial charge is 0.330 e. The van der Waals surface area contributed by atoms with Gasteiger partial charge in [-0.25, -0.2) is 0 Å². The van der Waals surface area contributed by atoms with Crippen LogP contribution in [-0.4, -0.2) is 47.3 Å². The maximum absolute atomic E-state index is 11.7. The molecule has 0 bridgehead atoms. The zero-order chi connectivity index (χ0) is 10.8. The summed E-state index contributed by atoms with van der Waals surface area (Å²) >= 11 is 0. The third-order valence-electron chi connectivity index (χ3n) is 2.78. The Morgan fingerprint density at radius 2 is 2.00 bits per heavy atom. The van der Waals surface area contributed by atoms with Crippen molar-refractivity contribution in [3.05, 3.63) is 0 Å². The molecule has 4 nitrogen and oxygen atoms in total. The number of rotatable bonds is 2. The summed E-state index contributed by atoms with van der Waals surface area (Å²) in [6, 6.07) is 0.334. The quantitative estimate of drug-likeness (QED) is 0.465. The molecular weight excluding hydrogens is 192 g/mol. The van der Waals surface area contributed by atoms with Crippen LogP contribution in [0.5, 0.6) is 0 Å². The zero-order valence-corrected chi connectivity index (χ0v) is 8.82. The molecule has 0 N–H and O–H groups in total. The molecule has 0 unspecified atom stereocenters. The van der Waals surface area contributed by atoms with Gasteiger partial charge in [0.1, 0.15) is 0 Å². The first-order valence-corrected chi connectivity index (χ1v) is 5.23. The summed E-state index contributed by atoms with van der Waals surface area (Å²) in [5.74, 6) is 4.80. The average molecular weight is 206 g/mol. The van der Waals surface area contributed by atoms with Gasteiger partial charge in [0.15, 0.2) is 0 Å². The second-order valence-electron chi connectivity index (χ2n) is 3.88. The van der Waals surface area contributed by atoms with Crippen LogP contribution in [0, 0.1) is 11.8 Å². The van der Waals surface area contributed by atoms with Gasteiger partial charge in [-0.3, -0.25) is 9.59 Å². The highest BCUT2D eigenvalue weighted by atomic mass is 16.2. The summed E-state index contributed by atoms with van der Waals surface area (Å²) in [5, 5.41) is 0. The number of carbonyl (C=O) groups excluding carboxylic acids is 2. The van der Waals surface area contributed by atoms with Crippen molar-refractivity contribution < 1.29 is 9.59 Å². The number of amides is 2. The zero-order valence-electron chi connectivity index (χ0n) is 8.82. The lowest BCUT2D eigenvalue weighted by molar-refractivity contribution is -0.155. The van der Waals surface area contributed by atoms with Crippen LogP contribution < -0.4 is 0 Å². The van der Waals surface area contributed by atoms with Gasteiger partial charge in [0.05, 0.1) is 6.54 Å². The lowest BCUT2D eigenvalue weighted by atomic mass is 10.3. The molecule has 0 aromatic heterocycles. The fraction of sp³-hybridized carbons (Fsp3) is 0.636. The molecule has 0 atom stereocenters. The average Bonchev–Trinajstić information content (AvgIpc) is 3.04. The van der Waals surface area contributed by atoms with Gasteiger partial charge in [-0.1, -0.05) is 5.92 Å². The maximum Gasteiger partial charge on any atom is 0.312 e. The van der Waals surface area contributed by atoms with E-state index >= 15 is 0 Å². The Bertz CT molecular complexity index is 349. The summed E-state index contributed by atoms with van der Waals surface area (Å²) < 4.78 is 0. The fourth-order valence-electron chi connectivity index (χ4n) is 1.75. The van der Waals surface area contributed by atoms with Crippen molar-refractivity contribution in [3.8, 4) is 11.8 Å². The predicted molar refractivity (Wildman–Crippen MR) is 54.8 cm³/mol. The molecular formula is C11H14N2O2. The van der Waals surface area contributed by atoms with E-state index in [1.54, 1.807) is 11.8 Å². The summed E-state index contributed by atoms with van der Waals surface area (Å²) in [4.78, 5) is 26.5. The highest BCUT2D eigenvalue weighted by molar-refractivity contribution is 6.35. The highest BCUT2D eigenvalue weighted by Crippen LogP contribution is 2.28. The number of hydrogen-bond acceptors (Lipinski definition) is 2. The van der Waals surface area contributed by atoms with Gasteiger partial charge in [-0.2, -0.15) is 0 Å². The van der Waals surface area contributed by atoms with Gasteiger partial charge >= 0.3 is 11.8 Å². The van der Waals surface area contributed by atoms with Crippen molar-refractivity contribution in [3.63, 3.8) is 0 Å². The molecule has 0 aromatic carbocycles. The first-order valence-electron chi connectivity index (χ1n) is 5.23. The van der Waals surface area contributed by atoms with Crippen LogP contribution in [0.15, 0.2) is 0 Å². The van der Waals surface area contributed by atoms with Gasteiger partial charge in [-0.15, -0.1) is 5.92 Å². The minimum Gasteiger partial charge on any atom is -0.330 e. The number of piperazine rings is 1. The Morgan fingerprint density at radius 1 is 1.27 bits per heavy atom. The van der Waals surface area contributed by atoms with Gasteiger partial charge < -0.3 is 9.80 Å². The topological polar surface area (TPSA) is 40.6 Å². The number of carbonyl (C=O) groups is 2. The minimum absolute atomic E-state index is 0.334. The first-order chi connectivity index (χ1) is 7.24. The molecule has 0 spiro atoms. The smallest absolute Gasteiger partial charge is 0.312 e. The van der Waals surface area contributed by atoms with E-state index < -0.39 is 5.91 Å². The van der Waals surface area contributed by atoms with E-state index in [0.717, 1.165) is 12.8 Å². The van der Waals surface area contributed by atoms with Crippen LogP contribution in [0.25, 0.3) is 0 Å². The molecule has 1 heterocycles. The lowest BCUT2D eigenvalue weighted by Gasteiger charge is -2.32. The van der Waals surface area contributed by atoms with E-state index in [9.17, 15) is 9.59 Å². The van der Waals surface area contributed by atoms with E-state index in [-0.39, 0.29) is 5.91 Å². The van der Waals surface area contributed by atoms with Crippen molar-refractivity contribution in [1.82, 2.24) is 9.80 Å². The SMILES string of the molecule is CC#CCN1CCN(C2CC2)C(=O)C1=O. The molecule has 0 aromatic rings. The van der Waals surface area contributed by atoms with Gasteiger partial charge in [-0.05, 0) is 19.8 Å². The standard InChI is InChI=1S/C11H14N2O2/c1-2-3-6-12-7-8-13(9-4-5-9)11(15)10(12)14/h9H,4-8H2,1H3. The summed E-state index contributed by atoms with van der Waals surface area (Å²) in [6.07, 6.45) is 2.10. The lowest BCUT2D eigenvalue weighted by Crippen LogP contribution is -2.54. The van der Waals surface area contributed by atoms with Gasteiger partial charge in [0.25, 0.3) is 0 Å². The Hall–Kier alpha value is -1.50. The molecule has 0 radical (unpaired) electrons. The van der Waals surface area contributed by atoms with E-state index in [0.29, 0.717) is 25.7 Å². The molecule has 2 rings (SSSR count). The van der Waals surface area contributed by atoms with Crippen molar-refractivity contribution in [2.75, 3.05) is 19.6 Å². The molecule has 15 heavy (non-hydrogen) atoms. The van der Waals surface area contributed by atoms with Crippen LogP contribution >= 0.6 is 0 Å². The minimum atomic E-state index is -0.393. The Morgan fingerprint density at radius 3 is 2.60 bits per heavy atom. The van der Waals surface area contributed by atoms with Crippen LogP contribution in [0.4, 0.5) is 0 Å². The number of hydrogen-bond donors (Lipinski definition) is 0. The van der Waals surface area contributed by atoms with E-state index in [1.165, 1.54) is 4.90 Å². The van der Waals surface area contributed by atoms with E-state index in [1.807, 2.05) is 0 Å². The summed E-state index contributed by atoms with van der Waals surface area (Å²) in [5.41, 5.74) is 0. The molecule has 2 fully saturated rings. The molecule has 1 saturated carbocycles. The monoisotopic (exact) mass is 206 g/mol. The Balaban J connectivity index is 1.99. The highest BCUT2D eigenvalue weighted by Gasteiger charge is 2.40. The molecule has 1 saturated heterocycles. The molecule has 80 valence electrons. The third kappa shape index (κ3) is 1.96. The Kier molecular flexibility index (Phi) is 2.63. The van der Waals surface area contributed by atoms with Gasteiger partial charge in [0.2, 0.25) is 0 Å². The molecule has 2 amide bonds. The Labute approximate surface area is 89.2 Å².